The van der Waals surface area contributed by atoms with Crippen LogP contribution in [-0.4, -0.2) is 10.9 Å². The molecule has 4 heteroatoms. The van der Waals surface area contributed by atoms with Crippen LogP contribution in [0, 0.1) is 0 Å². The van der Waals surface area contributed by atoms with Gasteiger partial charge >= 0.3 is 0 Å². The zero-order chi connectivity index (χ0) is 11.4. The van der Waals surface area contributed by atoms with Gasteiger partial charge in [0.2, 0.25) is 0 Å². The van der Waals surface area contributed by atoms with Gasteiger partial charge in [-0.05, 0) is 5.56 Å². The van der Waals surface area contributed by atoms with E-state index in [-0.39, 0.29) is 0 Å². The van der Waals surface area contributed by atoms with Gasteiger partial charge in [0.05, 0.1) is 5.69 Å². The van der Waals surface area contributed by atoms with Crippen LogP contribution in [-0.2, 0) is 0 Å². The number of nitrogen functional groups attached to an aromatic ring is 1. The van der Waals surface area contributed by atoms with Crippen LogP contribution in [0.1, 0.15) is 5.56 Å². The van der Waals surface area contributed by atoms with Gasteiger partial charge in [0.25, 0.3) is 0 Å². The fraction of sp³-hybridized carbons (Fsp3) is 0.0833. The van der Waals surface area contributed by atoms with E-state index in [4.69, 9.17) is 17.3 Å². The van der Waals surface area contributed by atoms with Crippen LogP contribution in [0.5, 0.6) is 0 Å². The molecule has 0 aliphatic heterocycles. The summed E-state index contributed by atoms with van der Waals surface area (Å²) in [4.78, 5) is 4.23. The number of nitrogens with two attached hydrogens (primary N) is 1. The first-order chi connectivity index (χ1) is 7.79. The van der Waals surface area contributed by atoms with Gasteiger partial charge in [0, 0.05) is 16.8 Å². The van der Waals surface area contributed by atoms with Crippen molar-refractivity contribution in [2.24, 2.45) is 0 Å². The molecule has 0 radical (unpaired) electrons. The van der Waals surface area contributed by atoms with E-state index in [0.717, 1.165) is 16.8 Å². The van der Waals surface area contributed by atoms with Crippen molar-refractivity contribution >= 4 is 34.1 Å². The molecule has 2 rings (SSSR count). The molecule has 2 N–H and O–H groups in total. The minimum absolute atomic E-state index is 0.532. The predicted molar refractivity (Wildman–Crippen MR) is 71.7 cm³/mol. The molecule has 0 aliphatic carbocycles. The summed E-state index contributed by atoms with van der Waals surface area (Å²) in [6.07, 6.45) is 3.91. The quantitative estimate of drug-likeness (QED) is 0.845. The Morgan fingerprint density at radius 1 is 1.31 bits per heavy atom. The minimum Gasteiger partial charge on any atom is -0.375 e. The Morgan fingerprint density at radius 2 is 2.06 bits per heavy atom. The largest absolute Gasteiger partial charge is 0.375 e. The van der Waals surface area contributed by atoms with Crippen LogP contribution in [0.4, 0.5) is 5.13 Å². The highest BCUT2D eigenvalue weighted by Gasteiger charge is 2.01. The Bertz CT molecular complexity index is 488. The van der Waals surface area contributed by atoms with Crippen LogP contribution in [0.25, 0.3) is 17.3 Å². The number of aromatic nitrogens is 1. The normalized spacial score (nSPS) is 11.1. The Hall–Kier alpha value is -1.32. The summed E-state index contributed by atoms with van der Waals surface area (Å²) in [5.41, 5.74) is 8.73. The first-order valence-corrected chi connectivity index (χ1v) is 6.25. The molecule has 16 heavy (non-hydrogen) atoms. The number of alkyl halides is 1. The number of thiazole rings is 1. The molecule has 0 saturated heterocycles. The third kappa shape index (κ3) is 2.62. The van der Waals surface area contributed by atoms with E-state index in [1.165, 1.54) is 11.3 Å². The molecular formula is C12H11ClN2S. The van der Waals surface area contributed by atoms with E-state index in [2.05, 4.69) is 4.98 Å². The van der Waals surface area contributed by atoms with Crippen molar-refractivity contribution in [1.29, 1.82) is 0 Å². The van der Waals surface area contributed by atoms with Crippen LogP contribution in [0.3, 0.4) is 0 Å². The van der Waals surface area contributed by atoms with Crippen molar-refractivity contribution in [3.63, 3.8) is 0 Å². The molecule has 1 aromatic heterocycles. The van der Waals surface area contributed by atoms with Crippen molar-refractivity contribution < 1.29 is 0 Å². The number of hydrogen-bond donors (Lipinski definition) is 1. The molecular weight excluding hydrogens is 240 g/mol. The second kappa shape index (κ2) is 5.14. The van der Waals surface area contributed by atoms with Crippen molar-refractivity contribution in [3.8, 4) is 11.3 Å². The lowest BCUT2D eigenvalue weighted by atomic mass is 10.1. The molecule has 0 aliphatic rings. The number of rotatable bonds is 3. The lowest BCUT2D eigenvalue weighted by Gasteiger charge is -1.97. The van der Waals surface area contributed by atoms with Crippen molar-refractivity contribution in [1.82, 2.24) is 4.98 Å². The lowest BCUT2D eigenvalue weighted by molar-refractivity contribution is 1.41. The smallest absolute Gasteiger partial charge is 0.180 e. The Labute approximate surface area is 103 Å². The first kappa shape index (κ1) is 11.2. The topological polar surface area (TPSA) is 38.9 Å². The molecule has 1 heterocycles. The maximum atomic E-state index is 5.59. The lowest BCUT2D eigenvalue weighted by Crippen LogP contribution is -1.83. The van der Waals surface area contributed by atoms with Gasteiger partial charge in [0.1, 0.15) is 0 Å². The van der Waals surface area contributed by atoms with E-state index in [1.807, 2.05) is 41.8 Å². The fourth-order valence-electron chi connectivity index (χ4n) is 1.37. The Kier molecular flexibility index (Phi) is 3.59. The van der Waals surface area contributed by atoms with Crippen molar-refractivity contribution in [2.45, 2.75) is 0 Å². The third-order valence-corrected chi connectivity index (χ3v) is 2.98. The Morgan fingerprint density at radius 3 is 2.62 bits per heavy atom. The highest BCUT2D eigenvalue weighted by Crippen LogP contribution is 2.23. The minimum atomic E-state index is 0.532. The van der Waals surface area contributed by atoms with E-state index in [1.54, 1.807) is 0 Å². The highest BCUT2D eigenvalue weighted by molar-refractivity contribution is 7.13. The van der Waals surface area contributed by atoms with Gasteiger partial charge in [-0.25, -0.2) is 4.98 Å². The summed E-state index contributed by atoms with van der Waals surface area (Å²) in [6.45, 7) is 0. The molecule has 82 valence electrons. The standard InChI is InChI=1S/C12H11ClN2S/c13-7-1-2-9-3-5-10(6-4-9)11-8-16-12(14)15-11/h1-6,8H,7H2,(H2,14,15). The molecule has 0 atom stereocenters. The highest BCUT2D eigenvalue weighted by atomic mass is 35.5. The summed E-state index contributed by atoms with van der Waals surface area (Å²) >= 11 is 7.02. The molecule has 2 nitrogen and oxygen atoms in total. The second-order valence-corrected chi connectivity index (χ2v) is 4.45. The number of nitrogens with zero attached hydrogens (tertiary/aromatic N) is 1. The summed E-state index contributed by atoms with van der Waals surface area (Å²) in [6, 6.07) is 8.13. The molecule has 0 amide bonds. The van der Waals surface area contributed by atoms with Crippen LogP contribution < -0.4 is 5.73 Å². The average molecular weight is 251 g/mol. The summed E-state index contributed by atoms with van der Waals surface area (Å²) in [5, 5.41) is 2.56. The molecule has 0 fully saturated rings. The zero-order valence-corrected chi connectivity index (χ0v) is 10.1. The first-order valence-electron chi connectivity index (χ1n) is 4.83. The van der Waals surface area contributed by atoms with Gasteiger partial charge in [0.15, 0.2) is 5.13 Å². The van der Waals surface area contributed by atoms with E-state index in [0.29, 0.717) is 11.0 Å². The monoisotopic (exact) mass is 250 g/mol. The summed E-state index contributed by atoms with van der Waals surface area (Å²) in [7, 11) is 0. The van der Waals surface area contributed by atoms with Gasteiger partial charge in [-0.2, -0.15) is 0 Å². The predicted octanol–water partition coefficient (Wildman–Crippen LogP) is 3.64. The summed E-state index contributed by atoms with van der Waals surface area (Å²) < 4.78 is 0. The van der Waals surface area contributed by atoms with E-state index in [9.17, 15) is 0 Å². The van der Waals surface area contributed by atoms with E-state index >= 15 is 0 Å². The molecule has 0 unspecified atom stereocenters. The number of halogens is 1. The number of hydrogen-bond acceptors (Lipinski definition) is 3. The maximum Gasteiger partial charge on any atom is 0.180 e. The second-order valence-electron chi connectivity index (χ2n) is 3.25. The molecule has 0 spiro atoms. The SMILES string of the molecule is Nc1nc(-c2ccc(C=CCCl)cc2)cs1. The average Bonchev–Trinajstić information content (AvgIpc) is 2.74. The zero-order valence-electron chi connectivity index (χ0n) is 8.56. The molecule has 0 saturated carbocycles. The molecule has 0 bridgehead atoms. The van der Waals surface area contributed by atoms with Gasteiger partial charge in [-0.3, -0.25) is 0 Å². The Balaban J connectivity index is 2.22. The van der Waals surface area contributed by atoms with Gasteiger partial charge in [-0.1, -0.05) is 36.4 Å². The van der Waals surface area contributed by atoms with Gasteiger partial charge in [-0.15, -0.1) is 22.9 Å². The molecule has 2 aromatic rings. The van der Waals surface area contributed by atoms with Crippen LogP contribution >= 0.6 is 22.9 Å². The molecule has 1 aromatic carbocycles. The van der Waals surface area contributed by atoms with Crippen molar-refractivity contribution in [3.05, 3.63) is 41.3 Å². The van der Waals surface area contributed by atoms with Crippen molar-refractivity contribution in [2.75, 3.05) is 11.6 Å². The fourth-order valence-corrected chi connectivity index (χ4v) is 2.03. The third-order valence-electron chi connectivity index (χ3n) is 2.13. The number of allylic oxidation sites excluding steroid dienone is 1. The van der Waals surface area contributed by atoms with Gasteiger partial charge < -0.3 is 5.73 Å². The number of benzene rings is 1. The number of anilines is 1. The summed E-state index contributed by atoms with van der Waals surface area (Å²) in [5.74, 6) is 0.532. The van der Waals surface area contributed by atoms with Crippen LogP contribution in [0.2, 0.25) is 0 Å². The van der Waals surface area contributed by atoms with Crippen LogP contribution in [0.15, 0.2) is 35.7 Å². The van der Waals surface area contributed by atoms with E-state index < -0.39 is 0 Å². The maximum absolute atomic E-state index is 5.59.